The van der Waals surface area contributed by atoms with Gasteiger partial charge in [0, 0.05) is 17.5 Å². The Bertz CT molecular complexity index is 486. The van der Waals surface area contributed by atoms with E-state index in [4.69, 9.17) is 9.72 Å². The molecule has 4 nitrogen and oxygen atoms in total. The van der Waals surface area contributed by atoms with E-state index in [2.05, 4.69) is 31.0 Å². The molecule has 1 saturated heterocycles. The van der Waals surface area contributed by atoms with Gasteiger partial charge in [-0.3, -0.25) is 0 Å². The molecule has 5 heteroatoms. The van der Waals surface area contributed by atoms with Crippen LogP contribution in [0.15, 0.2) is 0 Å². The maximum absolute atomic E-state index is 5.64. The third-order valence-electron chi connectivity index (χ3n) is 4.46. The van der Waals surface area contributed by atoms with Gasteiger partial charge in [-0.25, -0.2) is 4.98 Å². The Morgan fingerprint density at radius 2 is 2.33 bits per heavy atom. The first-order valence-corrected chi connectivity index (χ1v) is 9.02. The SMILES string of the molecule is CCCNC1CCCc2nc(N3CCOCC3(C)C)sc21. The Morgan fingerprint density at radius 3 is 3.10 bits per heavy atom. The molecule has 1 atom stereocenters. The Morgan fingerprint density at radius 1 is 1.48 bits per heavy atom. The average molecular weight is 309 g/mol. The monoisotopic (exact) mass is 309 g/mol. The molecule has 2 aliphatic rings. The van der Waals surface area contributed by atoms with Crippen molar-refractivity contribution < 1.29 is 4.74 Å². The molecular weight excluding hydrogens is 282 g/mol. The van der Waals surface area contributed by atoms with Crippen molar-refractivity contribution in [2.24, 2.45) is 0 Å². The summed E-state index contributed by atoms with van der Waals surface area (Å²) in [7, 11) is 0. The highest BCUT2D eigenvalue weighted by Crippen LogP contribution is 2.39. The van der Waals surface area contributed by atoms with E-state index in [0.717, 1.165) is 32.7 Å². The summed E-state index contributed by atoms with van der Waals surface area (Å²) in [6.45, 7) is 10.4. The number of hydrogen-bond acceptors (Lipinski definition) is 5. The van der Waals surface area contributed by atoms with E-state index in [1.807, 2.05) is 11.3 Å². The van der Waals surface area contributed by atoms with Crippen molar-refractivity contribution in [3.05, 3.63) is 10.6 Å². The molecule has 2 heterocycles. The molecule has 3 rings (SSSR count). The molecule has 21 heavy (non-hydrogen) atoms. The molecule has 0 radical (unpaired) electrons. The summed E-state index contributed by atoms with van der Waals surface area (Å²) in [4.78, 5) is 8.90. The molecule has 1 aliphatic heterocycles. The minimum atomic E-state index is 0.0467. The molecule has 0 aromatic carbocycles. The van der Waals surface area contributed by atoms with Crippen LogP contribution in [0.5, 0.6) is 0 Å². The van der Waals surface area contributed by atoms with Crippen molar-refractivity contribution in [3.8, 4) is 0 Å². The number of anilines is 1. The minimum Gasteiger partial charge on any atom is -0.377 e. The number of aryl methyl sites for hydroxylation is 1. The van der Waals surface area contributed by atoms with Crippen LogP contribution in [-0.4, -0.2) is 36.8 Å². The van der Waals surface area contributed by atoms with E-state index in [1.165, 1.54) is 35.0 Å². The maximum atomic E-state index is 5.64. The number of morpholine rings is 1. The van der Waals surface area contributed by atoms with Crippen molar-refractivity contribution >= 4 is 16.5 Å². The summed E-state index contributed by atoms with van der Waals surface area (Å²) >= 11 is 1.90. The molecular formula is C16H27N3OS. The smallest absolute Gasteiger partial charge is 0.186 e. The van der Waals surface area contributed by atoms with Crippen molar-refractivity contribution in [2.45, 2.75) is 58.0 Å². The third-order valence-corrected chi connectivity index (χ3v) is 5.69. The molecule has 1 aromatic heterocycles. The first-order valence-electron chi connectivity index (χ1n) is 8.20. The zero-order valence-electron chi connectivity index (χ0n) is 13.4. The van der Waals surface area contributed by atoms with Crippen LogP contribution in [0, 0.1) is 0 Å². The van der Waals surface area contributed by atoms with Gasteiger partial charge in [0.05, 0.1) is 24.4 Å². The first-order chi connectivity index (χ1) is 10.1. The number of ether oxygens (including phenoxy) is 1. The molecule has 0 saturated carbocycles. The lowest BCUT2D eigenvalue weighted by Crippen LogP contribution is -2.53. The van der Waals surface area contributed by atoms with Gasteiger partial charge in [-0.1, -0.05) is 18.3 Å². The van der Waals surface area contributed by atoms with Gasteiger partial charge in [0.15, 0.2) is 5.13 Å². The minimum absolute atomic E-state index is 0.0467. The molecule has 1 aromatic rings. The topological polar surface area (TPSA) is 37.4 Å². The lowest BCUT2D eigenvalue weighted by Gasteiger charge is -2.42. The van der Waals surface area contributed by atoms with Crippen molar-refractivity contribution in [1.82, 2.24) is 10.3 Å². The lowest BCUT2D eigenvalue weighted by molar-refractivity contribution is 0.0643. The van der Waals surface area contributed by atoms with Crippen molar-refractivity contribution in [1.29, 1.82) is 0 Å². The van der Waals surface area contributed by atoms with E-state index < -0.39 is 0 Å². The van der Waals surface area contributed by atoms with E-state index in [0.29, 0.717) is 6.04 Å². The molecule has 118 valence electrons. The number of nitrogens with zero attached hydrogens (tertiary/aromatic N) is 2. The fraction of sp³-hybridized carbons (Fsp3) is 0.812. The van der Waals surface area contributed by atoms with Crippen LogP contribution in [0.4, 0.5) is 5.13 Å². The van der Waals surface area contributed by atoms with Gasteiger partial charge in [-0.05, 0) is 46.1 Å². The number of hydrogen-bond donors (Lipinski definition) is 1. The molecule has 1 aliphatic carbocycles. The Balaban J connectivity index is 1.83. The summed E-state index contributed by atoms with van der Waals surface area (Å²) in [5.41, 5.74) is 1.38. The molecule has 0 bridgehead atoms. The van der Waals surface area contributed by atoms with Gasteiger partial charge in [0.2, 0.25) is 0 Å². The Hall–Kier alpha value is -0.650. The fourth-order valence-electron chi connectivity index (χ4n) is 3.25. The highest BCUT2D eigenvalue weighted by Gasteiger charge is 2.34. The van der Waals surface area contributed by atoms with Crippen LogP contribution in [0.3, 0.4) is 0 Å². The summed E-state index contributed by atoms with van der Waals surface area (Å²) in [6.07, 6.45) is 4.83. The fourth-order valence-corrected chi connectivity index (χ4v) is 4.66. The summed E-state index contributed by atoms with van der Waals surface area (Å²) in [5, 5.41) is 4.88. The van der Waals surface area contributed by atoms with Crippen LogP contribution >= 0.6 is 11.3 Å². The van der Waals surface area contributed by atoms with Crippen LogP contribution in [-0.2, 0) is 11.2 Å². The quantitative estimate of drug-likeness (QED) is 0.927. The normalized spacial score (nSPS) is 24.9. The number of aromatic nitrogens is 1. The van der Waals surface area contributed by atoms with E-state index in [9.17, 15) is 0 Å². The standard InChI is InChI=1S/C16H27N3OS/c1-4-8-17-12-6-5-7-13-14(12)21-15(18-13)19-9-10-20-11-16(19,2)3/h12,17H,4-11H2,1-3H3. The van der Waals surface area contributed by atoms with Crippen LogP contribution in [0.1, 0.15) is 56.6 Å². The largest absolute Gasteiger partial charge is 0.377 e. The van der Waals surface area contributed by atoms with Crippen LogP contribution in [0.2, 0.25) is 0 Å². The van der Waals surface area contributed by atoms with Gasteiger partial charge in [0.1, 0.15) is 0 Å². The molecule has 1 fully saturated rings. The number of fused-ring (bicyclic) bond motifs is 1. The van der Waals surface area contributed by atoms with Gasteiger partial charge < -0.3 is 15.0 Å². The van der Waals surface area contributed by atoms with Gasteiger partial charge >= 0.3 is 0 Å². The zero-order valence-corrected chi connectivity index (χ0v) is 14.3. The van der Waals surface area contributed by atoms with Crippen molar-refractivity contribution in [3.63, 3.8) is 0 Å². The van der Waals surface area contributed by atoms with Crippen molar-refractivity contribution in [2.75, 3.05) is 31.2 Å². The van der Waals surface area contributed by atoms with E-state index in [1.54, 1.807) is 0 Å². The number of rotatable bonds is 4. The number of thiazole rings is 1. The Kier molecular flexibility index (Phi) is 4.52. The average Bonchev–Trinajstić information content (AvgIpc) is 2.88. The molecule has 0 spiro atoms. The molecule has 0 amide bonds. The van der Waals surface area contributed by atoms with E-state index in [-0.39, 0.29) is 5.54 Å². The second kappa shape index (κ2) is 6.23. The summed E-state index contributed by atoms with van der Waals surface area (Å²) in [6, 6.07) is 0.518. The summed E-state index contributed by atoms with van der Waals surface area (Å²) in [5.74, 6) is 0. The third kappa shape index (κ3) is 3.10. The first kappa shape index (κ1) is 15.3. The van der Waals surface area contributed by atoms with Gasteiger partial charge in [-0.15, -0.1) is 0 Å². The predicted molar refractivity (Wildman–Crippen MR) is 88.3 cm³/mol. The van der Waals surface area contributed by atoms with E-state index >= 15 is 0 Å². The molecule has 1 N–H and O–H groups in total. The molecule has 1 unspecified atom stereocenters. The van der Waals surface area contributed by atoms with Crippen LogP contribution in [0.25, 0.3) is 0 Å². The Labute approximate surface area is 131 Å². The van der Waals surface area contributed by atoms with Gasteiger partial charge in [-0.2, -0.15) is 0 Å². The summed E-state index contributed by atoms with van der Waals surface area (Å²) < 4.78 is 5.64. The number of nitrogens with one attached hydrogen (secondary N) is 1. The predicted octanol–water partition coefficient (Wildman–Crippen LogP) is 3.14. The van der Waals surface area contributed by atoms with Gasteiger partial charge in [0.25, 0.3) is 0 Å². The second-order valence-corrected chi connectivity index (χ2v) is 7.73. The highest BCUT2D eigenvalue weighted by atomic mass is 32.1. The highest BCUT2D eigenvalue weighted by molar-refractivity contribution is 7.15. The van der Waals surface area contributed by atoms with Crippen LogP contribution < -0.4 is 10.2 Å². The lowest BCUT2D eigenvalue weighted by atomic mass is 9.98. The zero-order chi connectivity index (χ0) is 14.9. The maximum Gasteiger partial charge on any atom is 0.186 e. The second-order valence-electron chi connectivity index (χ2n) is 6.72.